The summed E-state index contributed by atoms with van der Waals surface area (Å²) in [5.41, 5.74) is 0.497. The van der Waals surface area contributed by atoms with Crippen molar-refractivity contribution >= 4 is 0 Å². The van der Waals surface area contributed by atoms with E-state index in [1.54, 1.807) is 0 Å². The molecular weight excluding hydrogens is 182 g/mol. The van der Waals surface area contributed by atoms with E-state index in [-0.39, 0.29) is 0 Å². The first-order chi connectivity index (χ1) is 6.95. The van der Waals surface area contributed by atoms with Crippen molar-refractivity contribution in [3.05, 3.63) is 0 Å². The summed E-state index contributed by atoms with van der Waals surface area (Å²) < 4.78 is 0. The maximum Gasteiger partial charge on any atom is 0.00150 e. The number of rotatable bonds is 2. The summed E-state index contributed by atoms with van der Waals surface area (Å²) in [6.07, 6.45) is 4.42. The van der Waals surface area contributed by atoms with Crippen molar-refractivity contribution in [2.24, 2.45) is 23.2 Å². The molecule has 2 atom stereocenters. The van der Waals surface area contributed by atoms with Gasteiger partial charge < -0.3 is 4.90 Å². The predicted molar refractivity (Wildman–Crippen MR) is 65.9 cm³/mol. The van der Waals surface area contributed by atoms with Gasteiger partial charge >= 0.3 is 0 Å². The molecule has 1 aliphatic carbocycles. The summed E-state index contributed by atoms with van der Waals surface area (Å²) in [5.74, 6) is 2.86. The molecule has 1 heterocycles. The summed E-state index contributed by atoms with van der Waals surface area (Å²) in [5, 5.41) is 0. The zero-order chi connectivity index (χ0) is 11.1. The Hall–Kier alpha value is -0.0400. The lowest BCUT2D eigenvalue weighted by Crippen LogP contribution is -2.44. The van der Waals surface area contributed by atoms with Gasteiger partial charge in [0, 0.05) is 19.6 Å². The van der Waals surface area contributed by atoms with Crippen molar-refractivity contribution < 1.29 is 0 Å². The van der Waals surface area contributed by atoms with Gasteiger partial charge in [-0.25, -0.2) is 0 Å². The molecule has 1 heteroatoms. The van der Waals surface area contributed by atoms with E-state index >= 15 is 0 Å². The quantitative estimate of drug-likeness (QED) is 0.674. The standard InChI is InChI=1S/C14H27N/c1-11-7-13(14(2,3)4)10-15(8-11)9-12-5-6-12/h11-13H,5-10H2,1-4H3. The molecule has 0 bridgehead atoms. The van der Waals surface area contributed by atoms with Gasteiger partial charge in [0.25, 0.3) is 0 Å². The zero-order valence-electron chi connectivity index (χ0n) is 10.9. The minimum absolute atomic E-state index is 0.497. The zero-order valence-corrected chi connectivity index (χ0v) is 10.9. The Morgan fingerprint density at radius 1 is 1.13 bits per heavy atom. The molecule has 0 aromatic carbocycles. The molecular formula is C14H27N. The Bertz CT molecular complexity index is 210. The molecule has 0 radical (unpaired) electrons. The fourth-order valence-corrected chi connectivity index (χ4v) is 2.90. The second-order valence-corrected chi connectivity index (χ2v) is 7.07. The first kappa shape index (κ1) is 11.4. The molecule has 2 unspecified atom stereocenters. The van der Waals surface area contributed by atoms with Crippen LogP contribution in [0, 0.1) is 23.2 Å². The van der Waals surface area contributed by atoms with Crippen LogP contribution in [0.25, 0.3) is 0 Å². The minimum Gasteiger partial charge on any atom is -0.303 e. The van der Waals surface area contributed by atoms with Crippen LogP contribution in [0.1, 0.15) is 47.0 Å². The number of piperidine rings is 1. The molecule has 2 rings (SSSR count). The van der Waals surface area contributed by atoms with Crippen LogP contribution in [0.3, 0.4) is 0 Å². The Labute approximate surface area is 95.2 Å². The summed E-state index contributed by atoms with van der Waals surface area (Å²) in [6, 6.07) is 0. The van der Waals surface area contributed by atoms with E-state index in [1.807, 2.05) is 0 Å². The van der Waals surface area contributed by atoms with Crippen molar-refractivity contribution in [2.45, 2.75) is 47.0 Å². The highest BCUT2D eigenvalue weighted by Gasteiger charge is 2.34. The van der Waals surface area contributed by atoms with Crippen LogP contribution in [-0.4, -0.2) is 24.5 Å². The fraction of sp³-hybridized carbons (Fsp3) is 1.00. The largest absolute Gasteiger partial charge is 0.303 e. The Kier molecular flexibility index (Phi) is 3.12. The fourth-order valence-electron chi connectivity index (χ4n) is 2.90. The average Bonchev–Trinajstić information content (AvgIpc) is 2.85. The molecule has 0 spiro atoms. The van der Waals surface area contributed by atoms with E-state index < -0.39 is 0 Å². The lowest BCUT2D eigenvalue weighted by Gasteiger charge is -2.42. The van der Waals surface area contributed by atoms with Crippen LogP contribution in [0.2, 0.25) is 0 Å². The van der Waals surface area contributed by atoms with Crippen molar-refractivity contribution in [3.63, 3.8) is 0 Å². The van der Waals surface area contributed by atoms with Crippen molar-refractivity contribution in [1.29, 1.82) is 0 Å². The van der Waals surface area contributed by atoms with E-state index in [0.29, 0.717) is 5.41 Å². The van der Waals surface area contributed by atoms with Gasteiger partial charge in [0.15, 0.2) is 0 Å². The lowest BCUT2D eigenvalue weighted by atomic mass is 9.73. The molecule has 0 amide bonds. The molecule has 1 saturated carbocycles. The minimum atomic E-state index is 0.497. The van der Waals surface area contributed by atoms with E-state index in [4.69, 9.17) is 0 Å². The van der Waals surface area contributed by atoms with Gasteiger partial charge in [-0.3, -0.25) is 0 Å². The molecule has 1 nitrogen and oxygen atoms in total. The maximum atomic E-state index is 2.74. The normalized spacial score (nSPS) is 34.4. The number of hydrogen-bond acceptors (Lipinski definition) is 1. The van der Waals surface area contributed by atoms with Gasteiger partial charge in [0.2, 0.25) is 0 Å². The van der Waals surface area contributed by atoms with E-state index in [0.717, 1.165) is 17.8 Å². The topological polar surface area (TPSA) is 3.24 Å². The van der Waals surface area contributed by atoms with Crippen LogP contribution in [0.4, 0.5) is 0 Å². The lowest BCUT2D eigenvalue weighted by molar-refractivity contribution is 0.0654. The van der Waals surface area contributed by atoms with Gasteiger partial charge in [0.1, 0.15) is 0 Å². The average molecular weight is 209 g/mol. The number of hydrogen-bond donors (Lipinski definition) is 0. The second kappa shape index (κ2) is 4.08. The van der Waals surface area contributed by atoms with E-state index in [2.05, 4.69) is 32.6 Å². The van der Waals surface area contributed by atoms with Crippen LogP contribution in [0.15, 0.2) is 0 Å². The molecule has 0 aromatic heterocycles. The van der Waals surface area contributed by atoms with Crippen LogP contribution >= 0.6 is 0 Å². The Morgan fingerprint density at radius 3 is 2.33 bits per heavy atom. The Balaban J connectivity index is 1.90. The first-order valence-electron chi connectivity index (χ1n) is 6.67. The summed E-state index contributed by atoms with van der Waals surface area (Å²) in [6.45, 7) is 13.7. The van der Waals surface area contributed by atoms with Gasteiger partial charge in [-0.1, -0.05) is 27.7 Å². The highest BCUT2D eigenvalue weighted by atomic mass is 15.1. The molecule has 15 heavy (non-hydrogen) atoms. The summed E-state index contributed by atoms with van der Waals surface area (Å²) in [7, 11) is 0. The highest BCUT2D eigenvalue weighted by molar-refractivity contribution is 4.87. The van der Waals surface area contributed by atoms with Crippen molar-refractivity contribution in [2.75, 3.05) is 19.6 Å². The van der Waals surface area contributed by atoms with Gasteiger partial charge in [-0.2, -0.15) is 0 Å². The van der Waals surface area contributed by atoms with Gasteiger partial charge in [0.05, 0.1) is 0 Å². The number of nitrogens with zero attached hydrogens (tertiary/aromatic N) is 1. The van der Waals surface area contributed by atoms with Crippen LogP contribution in [-0.2, 0) is 0 Å². The molecule has 88 valence electrons. The third-order valence-electron chi connectivity index (χ3n) is 4.17. The summed E-state index contributed by atoms with van der Waals surface area (Å²) in [4.78, 5) is 2.74. The first-order valence-corrected chi connectivity index (χ1v) is 6.67. The smallest absolute Gasteiger partial charge is 0.00150 e. The van der Waals surface area contributed by atoms with Crippen LogP contribution in [0.5, 0.6) is 0 Å². The third kappa shape index (κ3) is 3.21. The maximum absolute atomic E-state index is 2.74. The van der Waals surface area contributed by atoms with E-state index in [9.17, 15) is 0 Å². The third-order valence-corrected chi connectivity index (χ3v) is 4.17. The second-order valence-electron chi connectivity index (χ2n) is 7.07. The van der Waals surface area contributed by atoms with Crippen molar-refractivity contribution in [3.8, 4) is 0 Å². The Morgan fingerprint density at radius 2 is 1.80 bits per heavy atom. The molecule has 2 aliphatic rings. The monoisotopic (exact) mass is 209 g/mol. The number of likely N-dealkylation sites (tertiary alicyclic amines) is 1. The van der Waals surface area contributed by atoms with Gasteiger partial charge in [-0.15, -0.1) is 0 Å². The predicted octanol–water partition coefficient (Wildman–Crippen LogP) is 3.40. The molecule has 0 N–H and O–H groups in total. The molecule has 2 fully saturated rings. The molecule has 1 saturated heterocycles. The SMILES string of the molecule is CC1CC(C(C)(C)C)CN(CC2CC2)C1. The van der Waals surface area contributed by atoms with E-state index in [1.165, 1.54) is 38.9 Å². The van der Waals surface area contributed by atoms with Crippen molar-refractivity contribution in [1.82, 2.24) is 4.90 Å². The van der Waals surface area contributed by atoms with Gasteiger partial charge in [-0.05, 0) is 42.4 Å². The molecule has 1 aliphatic heterocycles. The van der Waals surface area contributed by atoms with Crippen LogP contribution < -0.4 is 0 Å². The molecule has 0 aromatic rings. The highest BCUT2D eigenvalue weighted by Crippen LogP contribution is 2.37. The summed E-state index contributed by atoms with van der Waals surface area (Å²) >= 11 is 0.